The van der Waals surface area contributed by atoms with Crippen molar-refractivity contribution in [3.63, 3.8) is 0 Å². The van der Waals surface area contributed by atoms with Gasteiger partial charge in [0, 0.05) is 31.2 Å². The van der Waals surface area contributed by atoms with Crippen LogP contribution in [0.3, 0.4) is 0 Å². The Hall–Kier alpha value is -1.82. The number of fused-ring (bicyclic) bond motifs is 3. The molecule has 2 heterocycles. The molecular weight excluding hydrogens is 703 g/mol. The molecule has 0 amide bonds. The van der Waals surface area contributed by atoms with Gasteiger partial charge < -0.3 is 24.1 Å². The van der Waals surface area contributed by atoms with E-state index in [0.717, 1.165) is 44.1 Å². The van der Waals surface area contributed by atoms with Gasteiger partial charge in [0.05, 0.1) is 48.4 Å². The highest BCUT2D eigenvalue weighted by molar-refractivity contribution is 7.89. The number of aliphatic carboxylic acids is 1. The minimum Gasteiger partial charge on any atom is -0.481 e. The summed E-state index contributed by atoms with van der Waals surface area (Å²) >= 11 is 0. The fourth-order valence-corrected chi connectivity index (χ4v) is 14.9. The van der Waals surface area contributed by atoms with Crippen LogP contribution in [0.5, 0.6) is 0 Å². The molecule has 3 saturated carbocycles. The third kappa shape index (κ3) is 6.00. The lowest BCUT2D eigenvalue weighted by Gasteiger charge is -2.71. The molecule has 7 rings (SSSR count). The monoisotopic (exact) mass is 769 g/mol. The zero-order valence-electron chi connectivity index (χ0n) is 34.3. The van der Waals surface area contributed by atoms with Crippen molar-refractivity contribution in [3.05, 3.63) is 41.5 Å². The van der Waals surface area contributed by atoms with E-state index in [-0.39, 0.29) is 56.7 Å². The van der Waals surface area contributed by atoms with E-state index in [9.17, 15) is 18.3 Å². The highest BCUT2D eigenvalue weighted by Crippen LogP contribution is 2.75. The molecule has 2 aliphatic heterocycles. The first-order chi connectivity index (χ1) is 25.3. The predicted molar refractivity (Wildman–Crippen MR) is 208 cm³/mol. The number of carboxylic acid groups (broad SMARTS) is 1. The summed E-state index contributed by atoms with van der Waals surface area (Å²) in [6.07, 6.45) is 8.48. The van der Waals surface area contributed by atoms with Crippen LogP contribution in [-0.4, -0.2) is 77.4 Å². The summed E-state index contributed by atoms with van der Waals surface area (Å²) in [5.41, 5.74) is 0.245. The molecule has 10 heteroatoms. The van der Waals surface area contributed by atoms with E-state index < -0.39 is 27.4 Å². The van der Waals surface area contributed by atoms with E-state index in [0.29, 0.717) is 57.0 Å². The fourth-order valence-electron chi connectivity index (χ4n) is 13.4. The number of hydrogen-bond acceptors (Lipinski definition) is 7. The first-order valence-electron chi connectivity index (χ1n) is 20.7. The van der Waals surface area contributed by atoms with Crippen LogP contribution in [0.15, 0.2) is 40.8 Å². The fraction of sp³-hybridized carbons (Fsp3) is 0.795. The maximum atomic E-state index is 13.8. The standard InChI is InChI=1S/C44H67NO8S/c1-28(2)30(4)39(5)18-19-41(7)32-14-15-35-40(6)25-52-27-44(35,33(32)16-17-42(41,8)36(39)38(46)47)24-34(50-9)37(40)53-26-43(20-22-51-23-21-43)45-54(48,49)31-12-10-29(3)11-13-31/h10-13,16,28,30,32,34-37,45H,14-15,17-27H2,1-9H3,(H,46,47)/t30-,32+,34-,35+,36-,37+,39-,40-,41-,42+,44+/m1/s1. The van der Waals surface area contributed by atoms with Crippen LogP contribution in [0, 0.1) is 63.6 Å². The average Bonchev–Trinajstić information content (AvgIpc) is 3.11. The molecule has 2 bridgehead atoms. The summed E-state index contributed by atoms with van der Waals surface area (Å²) in [6.45, 7) is 20.3. The summed E-state index contributed by atoms with van der Waals surface area (Å²) in [5, 5.41) is 11.1. The van der Waals surface area contributed by atoms with Crippen molar-refractivity contribution in [2.75, 3.05) is 40.1 Å². The number of sulfonamides is 1. The van der Waals surface area contributed by atoms with Crippen molar-refractivity contribution in [2.45, 2.75) is 129 Å². The first-order valence-corrected chi connectivity index (χ1v) is 22.1. The molecular formula is C44H67NO8S. The van der Waals surface area contributed by atoms with Gasteiger partial charge in [-0.25, -0.2) is 13.1 Å². The summed E-state index contributed by atoms with van der Waals surface area (Å²) in [4.78, 5) is 13.7. The number of ether oxygens (including phenoxy) is 4. The smallest absolute Gasteiger partial charge is 0.307 e. The molecule has 302 valence electrons. The first kappa shape index (κ1) is 40.4. The van der Waals surface area contributed by atoms with Crippen LogP contribution in [0.25, 0.3) is 0 Å². The number of benzene rings is 1. The minimum absolute atomic E-state index is 0.163. The third-order valence-electron chi connectivity index (χ3n) is 17.0. The zero-order valence-corrected chi connectivity index (χ0v) is 35.2. The maximum absolute atomic E-state index is 13.8. The second-order valence-electron chi connectivity index (χ2n) is 19.9. The van der Waals surface area contributed by atoms with E-state index in [2.05, 4.69) is 59.3 Å². The minimum atomic E-state index is -3.80. The van der Waals surface area contributed by atoms with Gasteiger partial charge in [0.1, 0.15) is 0 Å². The van der Waals surface area contributed by atoms with E-state index in [1.54, 1.807) is 19.2 Å². The topological polar surface area (TPSA) is 120 Å². The van der Waals surface area contributed by atoms with Gasteiger partial charge in [0.15, 0.2) is 0 Å². The molecule has 0 aromatic heterocycles. The number of aryl methyl sites for hydroxylation is 1. The van der Waals surface area contributed by atoms with Gasteiger partial charge >= 0.3 is 5.97 Å². The van der Waals surface area contributed by atoms with Gasteiger partial charge in [-0.2, -0.15) is 0 Å². The Morgan fingerprint density at radius 1 is 0.963 bits per heavy atom. The summed E-state index contributed by atoms with van der Waals surface area (Å²) < 4.78 is 56.5. The highest BCUT2D eigenvalue weighted by atomic mass is 32.2. The molecule has 1 aromatic carbocycles. The molecule has 0 spiro atoms. The van der Waals surface area contributed by atoms with Crippen LogP contribution < -0.4 is 4.72 Å². The van der Waals surface area contributed by atoms with E-state index in [4.69, 9.17) is 18.9 Å². The Kier molecular flexibility index (Phi) is 10.4. The molecule has 4 aliphatic carbocycles. The van der Waals surface area contributed by atoms with Crippen LogP contribution in [-0.2, 0) is 33.8 Å². The highest BCUT2D eigenvalue weighted by Gasteiger charge is 2.72. The molecule has 9 nitrogen and oxygen atoms in total. The molecule has 1 aromatic rings. The van der Waals surface area contributed by atoms with Crippen molar-refractivity contribution >= 4 is 16.0 Å². The Labute approximate surface area is 324 Å². The van der Waals surface area contributed by atoms with Gasteiger partial charge in [0.2, 0.25) is 10.0 Å². The van der Waals surface area contributed by atoms with Gasteiger partial charge in [-0.3, -0.25) is 4.79 Å². The third-order valence-corrected chi connectivity index (χ3v) is 18.6. The van der Waals surface area contributed by atoms with E-state index in [1.807, 2.05) is 19.1 Å². The largest absolute Gasteiger partial charge is 0.481 e. The second kappa shape index (κ2) is 13.9. The Bertz CT molecular complexity index is 1720. The Balaban J connectivity index is 1.20. The number of rotatable bonds is 10. The van der Waals surface area contributed by atoms with Crippen molar-refractivity contribution in [1.82, 2.24) is 4.72 Å². The van der Waals surface area contributed by atoms with Crippen molar-refractivity contribution in [3.8, 4) is 0 Å². The lowest BCUT2D eigenvalue weighted by molar-refractivity contribution is -0.270. The van der Waals surface area contributed by atoms with Gasteiger partial charge in [-0.15, -0.1) is 0 Å². The number of carboxylic acids is 1. The molecule has 5 fully saturated rings. The van der Waals surface area contributed by atoms with Gasteiger partial charge in [0.25, 0.3) is 0 Å². The van der Waals surface area contributed by atoms with Crippen LogP contribution in [0.4, 0.5) is 0 Å². The quantitative estimate of drug-likeness (QED) is 0.232. The van der Waals surface area contributed by atoms with E-state index in [1.165, 1.54) is 5.57 Å². The summed E-state index contributed by atoms with van der Waals surface area (Å²) in [5.74, 6) is 0.198. The molecule has 2 saturated heterocycles. The van der Waals surface area contributed by atoms with E-state index >= 15 is 0 Å². The normalized spacial score (nSPS) is 42.3. The van der Waals surface area contributed by atoms with Crippen LogP contribution in [0.2, 0.25) is 0 Å². The number of allylic oxidation sites excluding steroid dienone is 1. The van der Waals surface area contributed by atoms with Crippen molar-refractivity contribution in [1.29, 1.82) is 0 Å². The molecule has 54 heavy (non-hydrogen) atoms. The molecule has 11 atom stereocenters. The Morgan fingerprint density at radius 3 is 2.28 bits per heavy atom. The zero-order chi connectivity index (χ0) is 39.1. The predicted octanol–water partition coefficient (Wildman–Crippen LogP) is 7.81. The van der Waals surface area contributed by atoms with Gasteiger partial charge in [-0.1, -0.05) is 77.8 Å². The molecule has 2 N–H and O–H groups in total. The number of nitrogens with one attached hydrogen (secondary N) is 1. The molecule has 0 radical (unpaired) electrons. The lowest BCUT2D eigenvalue weighted by Crippen LogP contribution is -2.70. The van der Waals surface area contributed by atoms with Crippen molar-refractivity contribution < 1.29 is 37.3 Å². The molecule has 6 aliphatic rings. The van der Waals surface area contributed by atoms with Crippen molar-refractivity contribution in [2.24, 2.45) is 56.7 Å². The summed E-state index contributed by atoms with van der Waals surface area (Å²) in [6, 6.07) is 6.97. The average molecular weight is 770 g/mol. The Morgan fingerprint density at radius 2 is 1.65 bits per heavy atom. The maximum Gasteiger partial charge on any atom is 0.307 e. The molecule has 0 unspecified atom stereocenters. The lowest BCUT2D eigenvalue weighted by atomic mass is 9.34. The van der Waals surface area contributed by atoms with Crippen LogP contribution >= 0.6 is 0 Å². The SMILES string of the molecule is CO[C@@H]1C[C@@]23COC[C@](C)([C@@H]2CC[C@H]2C3=CC[C@@]3(C)[C@H](C(=O)O)[C@@](C)([C@H](C)C(C)C)CC[C@]23C)[C@H]1OCC1(NS(=O)(=O)c2ccc(C)cc2)CCOCC1. The number of hydrogen-bond donors (Lipinski definition) is 2. The van der Waals surface area contributed by atoms with Crippen LogP contribution in [0.1, 0.15) is 105 Å². The number of methoxy groups -OCH3 is 1. The van der Waals surface area contributed by atoms with Gasteiger partial charge in [-0.05, 0) is 110 Å². The number of carbonyl (C=O) groups is 1. The summed E-state index contributed by atoms with van der Waals surface area (Å²) in [7, 11) is -2.02. The second-order valence-corrected chi connectivity index (χ2v) is 21.5.